The summed E-state index contributed by atoms with van der Waals surface area (Å²) in [7, 11) is 0. The van der Waals surface area contributed by atoms with Gasteiger partial charge in [-0.05, 0) is 44.0 Å². The van der Waals surface area contributed by atoms with E-state index in [2.05, 4.69) is 10.3 Å². The summed E-state index contributed by atoms with van der Waals surface area (Å²) in [5.74, 6) is 0.680. The zero-order valence-corrected chi connectivity index (χ0v) is 9.60. The van der Waals surface area contributed by atoms with Crippen molar-refractivity contribution in [1.82, 2.24) is 14.7 Å². The molecule has 0 radical (unpaired) electrons. The van der Waals surface area contributed by atoms with Crippen molar-refractivity contribution in [2.75, 3.05) is 13.1 Å². The molecule has 88 valence electrons. The third kappa shape index (κ3) is 1.96. The largest absolute Gasteiger partial charge is 0.316 e. The Bertz CT molecular complexity index is 541. The van der Waals surface area contributed by atoms with Crippen LogP contribution >= 0.6 is 0 Å². The maximum atomic E-state index is 10.9. The van der Waals surface area contributed by atoms with Crippen LogP contribution in [-0.2, 0) is 6.42 Å². The lowest BCUT2D eigenvalue weighted by Gasteiger charge is -2.03. The minimum absolute atomic E-state index is 0.656. The smallest absolute Gasteiger partial charge is 0.153 e. The Morgan fingerprint density at radius 1 is 1.59 bits per heavy atom. The maximum Gasteiger partial charge on any atom is 0.153 e. The highest BCUT2D eigenvalue weighted by molar-refractivity contribution is 5.84. The lowest BCUT2D eigenvalue weighted by molar-refractivity contribution is 0.112. The van der Waals surface area contributed by atoms with Gasteiger partial charge in [-0.3, -0.25) is 4.79 Å². The van der Waals surface area contributed by atoms with Gasteiger partial charge in [0.05, 0.1) is 11.3 Å². The highest BCUT2D eigenvalue weighted by atomic mass is 16.1. The summed E-state index contributed by atoms with van der Waals surface area (Å²) < 4.78 is 1.93. The number of nitrogens with zero attached hydrogens (tertiary/aromatic N) is 2. The van der Waals surface area contributed by atoms with E-state index in [9.17, 15) is 4.79 Å². The molecule has 1 saturated heterocycles. The van der Waals surface area contributed by atoms with Crippen LogP contribution in [0.1, 0.15) is 22.5 Å². The molecule has 0 amide bonds. The van der Waals surface area contributed by atoms with Crippen molar-refractivity contribution >= 4 is 11.9 Å². The number of carbonyl (C=O) groups is 1. The molecule has 1 unspecified atom stereocenters. The summed E-state index contributed by atoms with van der Waals surface area (Å²) >= 11 is 0. The van der Waals surface area contributed by atoms with E-state index in [1.54, 1.807) is 6.07 Å². The Hall–Kier alpha value is -1.68. The molecule has 0 spiro atoms. The number of pyridine rings is 1. The van der Waals surface area contributed by atoms with E-state index in [-0.39, 0.29) is 0 Å². The molecule has 4 nitrogen and oxygen atoms in total. The van der Waals surface area contributed by atoms with Crippen LogP contribution in [0.3, 0.4) is 0 Å². The van der Waals surface area contributed by atoms with E-state index in [0.29, 0.717) is 11.5 Å². The van der Waals surface area contributed by atoms with Crippen molar-refractivity contribution in [3.05, 3.63) is 35.8 Å². The summed E-state index contributed by atoms with van der Waals surface area (Å²) in [4.78, 5) is 15.5. The summed E-state index contributed by atoms with van der Waals surface area (Å²) in [6.45, 7) is 2.19. The standard InChI is InChI=1S/C13H15N3O/c17-9-11-2-1-5-16-8-12(15-13(11)16)6-10-3-4-14-7-10/h1-2,5,8-10,14H,3-4,6-7H2. The molecule has 1 aliphatic heterocycles. The van der Waals surface area contributed by atoms with Crippen LogP contribution in [0.25, 0.3) is 5.65 Å². The van der Waals surface area contributed by atoms with E-state index in [1.165, 1.54) is 6.42 Å². The maximum absolute atomic E-state index is 10.9. The summed E-state index contributed by atoms with van der Waals surface area (Å²) in [6, 6.07) is 3.68. The average molecular weight is 229 g/mol. The second-order valence-corrected chi connectivity index (χ2v) is 4.61. The van der Waals surface area contributed by atoms with Gasteiger partial charge in [-0.25, -0.2) is 4.98 Å². The lowest BCUT2D eigenvalue weighted by atomic mass is 10.0. The van der Waals surface area contributed by atoms with E-state index < -0.39 is 0 Å². The van der Waals surface area contributed by atoms with Crippen molar-refractivity contribution < 1.29 is 4.79 Å². The van der Waals surface area contributed by atoms with Gasteiger partial charge in [-0.1, -0.05) is 0 Å². The first kappa shape index (κ1) is 10.5. The Kier molecular flexibility index (Phi) is 2.65. The number of nitrogens with one attached hydrogen (secondary N) is 1. The van der Waals surface area contributed by atoms with Gasteiger partial charge in [0.15, 0.2) is 6.29 Å². The molecule has 3 heterocycles. The lowest BCUT2D eigenvalue weighted by Crippen LogP contribution is -2.10. The van der Waals surface area contributed by atoms with E-state index in [4.69, 9.17) is 0 Å². The van der Waals surface area contributed by atoms with Gasteiger partial charge in [0.25, 0.3) is 0 Å². The third-order valence-electron chi connectivity index (χ3n) is 3.35. The van der Waals surface area contributed by atoms with Crippen molar-refractivity contribution in [2.45, 2.75) is 12.8 Å². The Labute approximate surface area is 99.7 Å². The van der Waals surface area contributed by atoms with Crippen molar-refractivity contribution in [2.24, 2.45) is 5.92 Å². The normalized spacial score (nSPS) is 19.9. The first-order valence-corrected chi connectivity index (χ1v) is 5.99. The minimum atomic E-state index is 0.656. The minimum Gasteiger partial charge on any atom is -0.316 e. The molecule has 2 aromatic heterocycles. The molecule has 1 aliphatic rings. The van der Waals surface area contributed by atoms with Crippen LogP contribution in [0.5, 0.6) is 0 Å². The molecule has 0 aromatic carbocycles. The molecule has 1 fully saturated rings. The van der Waals surface area contributed by atoms with Crippen LogP contribution in [0.15, 0.2) is 24.5 Å². The quantitative estimate of drug-likeness (QED) is 0.807. The number of rotatable bonds is 3. The Morgan fingerprint density at radius 3 is 3.29 bits per heavy atom. The molecular weight excluding hydrogens is 214 g/mol. The predicted molar refractivity (Wildman–Crippen MR) is 65.3 cm³/mol. The summed E-state index contributed by atoms with van der Waals surface area (Å²) in [5, 5.41) is 3.36. The monoisotopic (exact) mass is 229 g/mol. The van der Waals surface area contributed by atoms with Crippen LogP contribution in [-0.4, -0.2) is 28.8 Å². The molecule has 1 N–H and O–H groups in total. The van der Waals surface area contributed by atoms with Gasteiger partial charge in [-0.2, -0.15) is 0 Å². The second kappa shape index (κ2) is 4.30. The van der Waals surface area contributed by atoms with Gasteiger partial charge in [0, 0.05) is 12.4 Å². The van der Waals surface area contributed by atoms with Gasteiger partial charge in [0.1, 0.15) is 5.65 Å². The fraction of sp³-hybridized carbons (Fsp3) is 0.385. The third-order valence-corrected chi connectivity index (χ3v) is 3.35. The van der Waals surface area contributed by atoms with Crippen LogP contribution < -0.4 is 5.32 Å². The predicted octanol–water partition coefficient (Wildman–Crippen LogP) is 1.30. The fourth-order valence-electron chi connectivity index (χ4n) is 2.46. The topological polar surface area (TPSA) is 46.4 Å². The zero-order valence-electron chi connectivity index (χ0n) is 9.60. The van der Waals surface area contributed by atoms with Gasteiger partial charge in [0.2, 0.25) is 0 Å². The number of hydrogen-bond acceptors (Lipinski definition) is 3. The fourth-order valence-corrected chi connectivity index (χ4v) is 2.46. The van der Waals surface area contributed by atoms with Gasteiger partial charge >= 0.3 is 0 Å². The molecule has 0 aliphatic carbocycles. The number of fused-ring (bicyclic) bond motifs is 1. The number of hydrogen-bond donors (Lipinski definition) is 1. The molecule has 1 atom stereocenters. The highest BCUT2D eigenvalue weighted by Crippen LogP contribution is 2.16. The Morgan fingerprint density at radius 2 is 2.53 bits per heavy atom. The van der Waals surface area contributed by atoms with Gasteiger partial charge in [-0.15, -0.1) is 0 Å². The summed E-state index contributed by atoms with van der Waals surface area (Å²) in [5.41, 5.74) is 2.50. The van der Waals surface area contributed by atoms with Crippen LogP contribution in [0, 0.1) is 5.92 Å². The van der Waals surface area contributed by atoms with Crippen molar-refractivity contribution in [1.29, 1.82) is 0 Å². The molecular formula is C13H15N3O. The SMILES string of the molecule is O=Cc1cccn2cc(CC3CCNC3)nc12. The Balaban J connectivity index is 1.92. The average Bonchev–Trinajstić information content (AvgIpc) is 2.97. The van der Waals surface area contributed by atoms with Crippen molar-refractivity contribution in [3.8, 4) is 0 Å². The van der Waals surface area contributed by atoms with Crippen LogP contribution in [0.2, 0.25) is 0 Å². The first-order chi connectivity index (χ1) is 8.36. The molecule has 3 rings (SSSR count). The first-order valence-electron chi connectivity index (χ1n) is 5.99. The molecule has 4 heteroatoms. The number of carbonyl (C=O) groups excluding carboxylic acids is 1. The number of aromatic nitrogens is 2. The molecule has 0 saturated carbocycles. The summed E-state index contributed by atoms with van der Waals surface area (Å²) in [6.07, 6.45) is 7.04. The van der Waals surface area contributed by atoms with E-state index in [0.717, 1.165) is 37.1 Å². The molecule has 17 heavy (non-hydrogen) atoms. The van der Waals surface area contributed by atoms with E-state index >= 15 is 0 Å². The second-order valence-electron chi connectivity index (χ2n) is 4.61. The zero-order chi connectivity index (χ0) is 11.7. The molecule has 0 bridgehead atoms. The molecule has 2 aromatic rings. The number of imidazole rings is 1. The van der Waals surface area contributed by atoms with Crippen molar-refractivity contribution in [3.63, 3.8) is 0 Å². The highest BCUT2D eigenvalue weighted by Gasteiger charge is 2.16. The van der Waals surface area contributed by atoms with E-state index in [1.807, 2.05) is 22.9 Å². The van der Waals surface area contributed by atoms with Crippen LogP contribution in [0.4, 0.5) is 0 Å². The van der Waals surface area contributed by atoms with Gasteiger partial charge < -0.3 is 9.72 Å². The number of aldehydes is 1.